The summed E-state index contributed by atoms with van der Waals surface area (Å²) in [4.78, 5) is 24.7. The van der Waals surface area contributed by atoms with Gasteiger partial charge in [-0.3, -0.25) is 4.79 Å². The number of benzene rings is 1. The molecular formula is C18H16F5NO3. The van der Waals surface area contributed by atoms with Gasteiger partial charge in [-0.15, -0.1) is 0 Å². The summed E-state index contributed by atoms with van der Waals surface area (Å²) in [5.41, 5.74) is -2.87. The van der Waals surface area contributed by atoms with E-state index in [1.54, 1.807) is 5.32 Å². The first kappa shape index (κ1) is 19.3. The van der Waals surface area contributed by atoms with E-state index in [-0.39, 0.29) is 11.1 Å². The van der Waals surface area contributed by atoms with Crippen molar-refractivity contribution >= 4 is 17.6 Å². The Kier molecular flexibility index (Phi) is 4.96. The van der Waals surface area contributed by atoms with Crippen molar-refractivity contribution in [3.63, 3.8) is 0 Å². The molecule has 1 amide bonds. The minimum atomic E-state index is -2.32. The van der Waals surface area contributed by atoms with E-state index in [0.717, 1.165) is 12.8 Å². The topological polar surface area (TPSA) is 55.4 Å². The fraction of sp³-hybridized carbons (Fsp3) is 0.444. The molecule has 0 aromatic heterocycles. The molecule has 1 saturated carbocycles. The molecule has 1 aromatic rings. The molecule has 0 bridgehead atoms. The molecule has 0 atom stereocenters. The molecule has 1 fully saturated rings. The fourth-order valence-corrected chi connectivity index (χ4v) is 3.67. The highest BCUT2D eigenvalue weighted by Gasteiger charge is 2.49. The van der Waals surface area contributed by atoms with Gasteiger partial charge in [-0.2, -0.15) is 0 Å². The maximum atomic E-state index is 13.9. The lowest BCUT2D eigenvalue weighted by Gasteiger charge is -2.29. The second-order valence-corrected chi connectivity index (χ2v) is 6.70. The summed E-state index contributed by atoms with van der Waals surface area (Å²) in [7, 11) is 0. The minimum absolute atomic E-state index is 0.0433. The van der Waals surface area contributed by atoms with Crippen molar-refractivity contribution in [2.45, 2.75) is 51.0 Å². The summed E-state index contributed by atoms with van der Waals surface area (Å²) in [5, 5.41) is 1.75. The SMILES string of the molecule is CC1=C(C(=O)Nc2c(F)c(F)c(F)c(F)c2F)C2(CCCCCC2)OC1=O. The Morgan fingerprint density at radius 2 is 1.37 bits per heavy atom. The van der Waals surface area contributed by atoms with E-state index in [1.807, 2.05) is 0 Å². The molecule has 1 aromatic carbocycles. The standard InChI is InChI=1S/C18H16F5NO3/c1-8-9(18(27-17(8)26)6-4-2-3-5-7-18)16(25)24-15-13(22)11(20)10(19)12(21)14(15)23/h2-7H2,1H3,(H,24,25). The molecule has 1 heterocycles. The van der Waals surface area contributed by atoms with E-state index in [9.17, 15) is 31.5 Å². The molecule has 1 aliphatic heterocycles. The van der Waals surface area contributed by atoms with Crippen LogP contribution in [0.1, 0.15) is 45.4 Å². The summed E-state index contributed by atoms with van der Waals surface area (Å²) >= 11 is 0. The molecule has 146 valence electrons. The number of carbonyl (C=O) groups is 2. The Balaban J connectivity index is 2.01. The van der Waals surface area contributed by atoms with Crippen LogP contribution in [0, 0.1) is 29.1 Å². The molecule has 9 heteroatoms. The third-order valence-corrected chi connectivity index (χ3v) is 5.01. The third kappa shape index (κ3) is 3.08. The first-order valence-electron chi connectivity index (χ1n) is 8.47. The third-order valence-electron chi connectivity index (χ3n) is 5.01. The van der Waals surface area contributed by atoms with Crippen LogP contribution in [0.25, 0.3) is 0 Å². The van der Waals surface area contributed by atoms with Gasteiger partial charge >= 0.3 is 5.97 Å². The van der Waals surface area contributed by atoms with E-state index >= 15 is 0 Å². The maximum absolute atomic E-state index is 13.9. The van der Waals surface area contributed by atoms with Crippen LogP contribution in [0.4, 0.5) is 27.6 Å². The van der Waals surface area contributed by atoms with Crippen molar-refractivity contribution in [2.75, 3.05) is 5.32 Å². The summed E-state index contributed by atoms with van der Waals surface area (Å²) in [6.07, 6.45) is 3.75. The fourth-order valence-electron chi connectivity index (χ4n) is 3.67. The average Bonchev–Trinajstić information content (AvgIpc) is 2.79. The van der Waals surface area contributed by atoms with Gasteiger partial charge in [0.05, 0.1) is 5.57 Å². The molecule has 1 aliphatic carbocycles. The van der Waals surface area contributed by atoms with Crippen LogP contribution in [0.5, 0.6) is 0 Å². The molecule has 2 aliphatic rings. The van der Waals surface area contributed by atoms with Gasteiger partial charge < -0.3 is 10.1 Å². The van der Waals surface area contributed by atoms with Gasteiger partial charge in [-0.05, 0) is 32.6 Å². The van der Waals surface area contributed by atoms with E-state index in [2.05, 4.69) is 0 Å². The lowest BCUT2D eigenvalue weighted by atomic mass is 9.84. The van der Waals surface area contributed by atoms with Crippen molar-refractivity contribution in [3.8, 4) is 0 Å². The van der Waals surface area contributed by atoms with Crippen molar-refractivity contribution in [3.05, 3.63) is 40.2 Å². The van der Waals surface area contributed by atoms with Crippen LogP contribution in [0.3, 0.4) is 0 Å². The lowest BCUT2D eigenvalue weighted by molar-refractivity contribution is -0.148. The average molecular weight is 389 g/mol. The van der Waals surface area contributed by atoms with E-state index in [1.165, 1.54) is 6.92 Å². The Morgan fingerprint density at radius 1 is 0.889 bits per heavy atom. The number of rotatable bonds is 2. The Morgan fingerprint density at radius 3 is 1.89 bits per heavy atom. The normalized spacial score (nSPS) is 19.3. The summed E-state index contributed by atoms with van der Waals surface area (Å²) in [6.45, 7) is 1.33. The van der Waals surface area contributed by atoms with Crippen molar-refractivity contribution in [1.29, 1.82) is 0 Å². The predicted octanol–water partition coefficient (Wildman–Crippen LogP) is 4.29. The Hall–Kier alpha value is -2.45. The van der Waals surface area contributed by atoms with Crippen LogP contribution in [-0.4, -0.2) is 17.5 Å². The number of hydrogen-bond acceptors (Lipinski definition) is 3. The highest BCUT2D eigenvalue weighted by atomic mass is 19.2. The highest BCUT2D eigenvalue weighted by molar-refractivity contribution is 6.12. The second-order valence-electron chi connectivity index (χ2n) is 6.70. The zero-order valence-corrected chi connectivity index (χ0v) is 14.4. The van der Waals surface area contributed by atoms with Crippen LogP contribution in [0.2, 0.25) is 0 Å². The summed E-state index contributed by atoms with van der Waals surface area (Å²) in [5.74, 6) is -12.8. The van der Waals surface area contributed by atoms with Gasteiger partial charge in [-0.25, -0.2) is 26.7 Å². The van der Waals surface area contributed by atoms with Gasteiger partial charge in [0, 0.05) is 5.57 Å². The number of amides is 1. The molecular weight excluding hydrogens is 373 g/mol. The molecule has 27 heavy (non-hydrogen) atoms. The number of nitrogens with one attached hydrogen (secondary N) is 1. The van der Waals surface area contributed by atoms with Gasteiger partial charge in [0.15, 0.2) is 23.3 Å². The monoisotopic (exact) mass is 389 g/mol. The number of carbonyl (C=O) groups excluding carboxylic acids is 2. The molecule has 1 N–H and O–H groups in total. The number of hydrogen-bond donors (Lipinski definition) is 1. The summed E-state index contributed by atoms with van der Waals surface area (Å²) in [6, 6.07) is 0. The van der Waals surface area contributed by atoms with Gasteiger partial charge in [0.1, 0.15) is 11.3 Å². The van der Waals surface area contributed by atoms with Gasteiger partial charge in [-0.1, -0.05) is 12.8 Å². The van der Waals surface area contributed by atoms with Crippen LogP contribution in [-0.2, 0) is 14.3 Å². The zero-order valence-electron chi connectivity index (χ0n) is 14.4. The van der Waals surface area contributed by atoms with E-state index in [4.69, 9.17) is 4.74 Å². The molecule has 1 spiro atoms. The van der Waals surface area contributed by atoms with Crippen LogP contribution >= 0.6 is 0 Å². The maximum Gasteiger partial charge on any atom is 0.335 e. The predicted molar refractivity (Wildman–Crippen MR) is 84.1 cm³/mol. The number of anilines is 1. The smallest absolute Gasteiger partial charge is 0.335 e. The Bertz CT molecular complexity index is 828. The van der Waals surface area contributed by atoms with Crippen LogP contribution < -0.4 is 5.32 Å². The van der Waals surface area contributed by atoms with Gasteiger partial charge in [0.25, 0.3) is 5.91 Å². The quantitative estimate of drug-likeness (QED) is 0.355. The second kappa shape index (κ2) is 6.94. The van der Waals surface area contributed by atoms with E-state index < -0.39 is 52.3 Å². The Labute approximate surface area is 151 Å². The number of esters is 1. The highest BCUT2D eigenvalue weighted by Crippen LogP contribution is 2.43. The van der Waals surface area contributed by atoms with Crippen molar-refractivity contribution in [1.82, 2.24) is 0 Å². The lowest BCUT2D eigenvalue weighted by Crippen LogP contribution is -2.37. The van der Waals surface area contributed by atoms with Crippen molar-refractivity contribution < 1.29 is 36.3 Å². The number of halogens is 5. The zero-order chi connectivity index (χ0) is 19.9. The minimum Gasteiger partial charge on any atom is -0.451 e. The molecule has 4 nitrogen and oxygen atoms in total. The summed E-state index contributed by atoms with van der Waals surface area (Å²) < 4.78 is 73.1. The van der Waals surface area contributed by atoms with Crippen molar-refractivity contribution in [2.24, 2.45) is 0 Å². The molecule has 0 unspecified atom stereocenters. The molecule has 3 rings (SSSR count). The van der Waals surface area contributed by atoms with E-state index in [0.29, 0.717) is 25.7 Å². The first-order valence-corrected chi connectivity index (χ1v) is 8.47. The van der Waals surface area contributed by atoms with Gasteiger partial charge in [0.2, 0.25) is 5.82 Å². The molecule has 0 radical (unpaired) electrons. The molecule has 0 saturated heterocycles. The first-order chi connectivity index (χ1) is 12.7. The largest absolute Gasteiger partial charge is 0.451 e. The van der Waals surface area contributed by atoms with Crippen LogP contribution in [0.15, 0.2) is 11.1 Å². The number of ether oxygens (including phenoxy) is 1.